The fourth-order valence-electron chi connectivity index (χ4n) is 2.89. The Balaban J connectivity index is 1.85. The number of nitrogens with zero attached hydrogens (tertiary/aromatic N) is 1. The second-order valence-corrected chi connectivity index (χ2v) is 6.90. The molecule has 1 aromatic rings. The molecule has 0 unspecified atom stereocenters. The molecule has 0 bridgehead atoms. The molecule has 3 rings (SSSR count). The van der Waals surface area contributed by atoms with Gasteiger partial charge >= 0.3 is 0 Å². The third-order valence-electron chi connectivity index (χ3n) is 3.97. The predicted molar refractivity (Wildman–Crippen MR) is 78.3 cm³/mol. The SMILES string of the molecule is Nc1ccc(N2CCC3(CC2)OCCO3)c(S(N)(=O)=O)c1. The first-order chi connectivity index (χ1) is 9.90. The zero-order chi connectivity index (χ0) is 15.1. The lowest BCUT2D eigenvalue weighted by Gasteiger charge is -2.39. The van der Waals surface area contributed by atoms with Crippen LogP contribution >= 0.6 is 0 Å². The molecule has 0 amide bonds. The molecule has 2 aliphatic rings. The van der Waals surface area contributed by atoms with Crippen LogP contribution in [0.25, 0.3) is 0 Å². The van der Waals surface area contributed by atoms with E-state index >= 15 is 0 Å². The van der Waals surface area contributed by atoms with Crippen LogP contribution in [0.4, 0.5) is 11.4 Å². The first-order valence-corrected chi connectivity index (χ1v) is 8.39. The highest BCUT2D eigenvalue weighted by Gasteiger charge is 2.40. The average molecular weight is 313 g/mol. The average Bonchev–Trinajstić information content (AvgIpc) is 2.87. The van der Waals surface area contributed by atoms with E-state index in [1.165, 1.54) is 6.07 Å². The van der Waals surface area contributed by atoms with Gasteiger partial charge in [-0.15, -0.1) is 0 Å². The van der Waals surface area contributed by atoms with Crippen molar-refractivity contribution in [2.75, 3.05) is 36.9 Å². The number of sulfonamides is 1. The van der Waals surface area contributed by atoms with Crippen LogP contribution in [-0.4, -0.2) is 40.5 Å². The largest absolute Gasteiger partial charge is 0.399 e. The van der Waals surface area contributed by atoms with Gasteiger partial charge in [-0.1, -0.05) is 0 Å². The minimum Gasteiger partial charge on any atom is -0.399 e. The molecule has 0 aromatic heterocycles. The van der Waals surface area contributed by atoms with E-state index in [9.17, 15) is 8.42 Å². The number of benzene rings is 1. The number of rotatable bonds is 2. The van der Waals surface area contributed by atoms with Crippen LogP contribution in [0.3, 0.4) is 0 Å². The summed E-state index contributed by atoms with van der Waals surface area (Å²) in [7, 11) is -3.82. The summed E-state index contributed by atoms with van der Waals surface area (Å²) in [5.74, 6) is -0.494. The van der Waals surface area contributed by atoms with Crippen molar-refractivity contribution >= 4 is 21.4 Å². The number of ether oxygens (including phenoxy) is 2. The standard InChI is InChI=1S/C13H19N3O4S/c14-10-1-2-11(12(9-10)21(15,17)18)16-5-3-13(4-6-16)19-7-8-20-13/h1-2,9H,3-8,14H2,(H2,15,17,18). The van der Waals surface area contributed by atoms with Gasteiger partial charge in [-0.05, 0) is 18.2 Å². The summed E-state index contributed by atoms with van der Waals surface area (Å²) in [5.41, 5.74) is 6.63. The highest BCUT2D eigenvalue weighted by atomic mass is 32.2. The van der Waals surface area contributed by atoms with Gasteiger partial charge in [0.25, 0.3) is 0 Å². The molecule has 0 radical (unpaired) electrons. The molecule has 0 saturated carbocycles. The maximum Gasteiger partial charge on any atom is 0.240 e. The van der Waals surface area contributed by atoms with Gasteiger partial charge in [-0.2, -0.15) is 0 Å². The van der Waals surface area contributed by atoms with Crippen molar-refractivity contribution in [3.8, 4) is 0 Å². The Morgan fingerprint density at radius 2 is 1.76 bits per heavy atom. The van der Waals surface area contributed by atoms with Gasteiger partial charge in [0.1, 0.15) is 4.90 Å². The smallest absolute Gasteiger partial charge is 0.240 e. The Morgan fingerprint density at radius 3 is 2.33 bits per heavy atom. The molecule has 7 nitrogen and oxygen atoms in total. The summed E-state index contributed by atoms with van der Waals surface area (Å²) in [6.07, 6.45) is 1.39. The van der Waals surface area contributed by atoms with E-state index in [-0.39, 0.29) is 4.90 Å². The summed E-state index contributed by atoms with van der Waals surface area (Å²) in [6.45, 7) is 2.52. The topological polar surface area (TPSA) is 108 Å². The van der Waals surface area contributed by atoms with Crippen molar-refractivity contribution < 1.29 is 17.9 Å². The van der Waals surface area contributed by atoms with Crippen LogP contribution in [-0.2, 0) is 19.5 Å². The Bertz CT molecular complexity index is 631. The molecule has 21 heavy (non-hydrogen) atoms. The fourth-order valence-corrected chi connectivity index (χ4v) is 3.68. The molecule has 0 atom stereocenters. The van der Waals surface area contributed by atoms with E-state index in [0.29, 0.717) is 50.5 Å². The molecular weight excluding hydrogens is 294 g/mol. The highest BCUT2D eigenvalue weighted by molar-refractivity contribution is 7.89. The molecule has 2 fully saturated rings. The van der Waals surface area contributed by atoms with Crippen LogP contribution in [0.1, 0.15) is 12.8 Å². The van der Waals surface area contributed by atoms with Gasteiger partial charge in [-0.3, -0.25) is 0 Å². The minimum atomic E-state index is -3.82. The number of primary sulfonamides is 1. The molecule has 0 aliphatic carbocycles. The van der Waals surface area contributed by atoms with Gasteiger partial charge in [0.2, 0.25) is 10.0 Å². The third kappa shape index (κ3) is 2.84. The van der Waals surface area contributed by atoms with Crippen molar-refractivity contribution in [2.24, 2.45) is 5.14 Å². The van der Waals surface area contributed by atoms with E-state index in [4.69, 9.17) is 20.3 Å². The Kier molecular flexibility index (Phi) is 3.56. The van der Waals surface area contributed by atoms with E-state index < -0.39 is 15.8 Å². The molecule has 1 spiro atoms. The summed E-state index contributed by atoms with van der Waals surface area (Å²) in [4.78, 5) is 2.04. The number of hydrogen-bond acceptors (Lipinski definition) is 6. The molecule has 2 aliphatic heterocycles. The lowest BCUT2D eigenvalue weighted by molar-refractivity contribution is -0.169. The summed E-state index contributed by atoms with van der Waals surface area (Å²) in [6, 6.07) is 4.78. The number of piperidine rings is 1. The number of nitrogen functional groups attached to an aromatic ring is 1. The zero-order valence-corrected chi connectivity index (χ0v) is 12.4. The minimum absolute atomic E-state index is 0.0618. The molecular formula is C13H19N3O4S. The number of hydrogen-bond donors (Lipinski definition) is 2. The predicted octanol–water partition coefficient (Wildman–Crippen LogP) is 0.260. The molecule has 8 heteroatoms. The van der Waals surface area contributed by atoms with Gasteiger partial charge in [-0.25, -0.2) is 13.6 Å². The van der Waals surface area contributed by atoms with Crippen LogP contribution in [0.2, 0.25) is 0 Å². The van der Waals surface area contributed by atoms with Crippen molar-refractivity contribution in [1.29, 1.82) is 0 Å². The van der Waals surface area contributed by atoms with E-state index in [2.05, 4.69) is 0 Å². The van der Waals surface area contributed by atoms with Gasteiger partial charge in [0.15, 0.2) is 5.79 Å². The second kappa shape index (κ2) is 5.13. The van der Waals surface area contributed by atoms with Crippen LogP contribution in [0.15, 0.2) is 23.1 Å². The zero-order valence-electron chi connectivity index (χ0n) is 11.6. The second-order valence-electron chi connectivity index (χ2n) is 5.37. The number of anilines is 2. The van der Waals surface area contributed by atoms with E-state index in [1.54, 1.807) is 12.1 Å². The number of nitrogens with two attached hydrogens (primary N) is 2. The summed E-state index contributed by atoms with van der Waals surface area (Å²) in [5, 5.41) is 5.29. The van der Waals surface area contributed by atoms with E-state index in [0.717, 1.165) is 0 Å². The fraction of sp³-hybridized carbons (Fsp3) is 0.538. The van der Waals surface area contributed by atoms with Crippen molar-refractivity contribution in [3.63, 3.8) is 0 Å². The maximum atomic E-state index is 11.7. The summed E-state index contributed by atoms with van der Waals surface area (Å²) < 4.78 is 34.8. The van der Waals surface area contributed by atoms with Crippen LogP contribution in [0, 0.1) is 0 Å². The highest BCUT2D eigenvalue weighted by Crippen LogP contribution is 2.35. The normalized spacial score (nSPS) is 21.9. The Hall–Kier alpha value is -1.35. The third-order valence-corrected chi connectivity index (χ3v) is 4.91. The summed E-state index contributed by atoms with van der Waals surface area (Å²) >= 11 is 0. The molecule has 2 saturated heterocycles. The van der Waals surface area contributed by atoms with Gasteiger partial charge < -0.3 is 20.1 Å². The molecule has 116 valence electrons. The van der Waals surface area contributed by atoms with Crippen molar-refractivity contribution in [1.82, 2.24) is 0 Å². The molecule has 2 heterocycles. The molecule has 1 aromatic carbocycles. The van der Waals surface area contributed by atoms with Crippen LogP contribution in [0.5, 0.6) is 0 Å². The van der Waals surface area contributed by atoms with Crippen molar-refractivity contribution in [3.05, 3.63) is 18.2 Å². The quantitative estimate of drug-likeness (QED) is 0.758. The molecule has 4 N–H and O–H groups in total. The van der Waals surface area contributed by atoms with Crippen LogP contribution < -0.4 is 15.8 Å². The maximum absolute atomic E-state index is 11.7. The van der Waals surface area contributed by atoms with Gasteiger partial charge in [0, 0.05) is 31.6 Å². The first kappa shape index (κ1) is 14.6. The lowest BCUT2D eigenvalue weighted by atomic mass is 10.0. The lowest BCUT2D eigenvalue weighted by Crippen LogP contribution is -2.45. The van der Waals surface area contributed by atoms with E-state index in [1.807, 2.05) is 4.90 Å². The first-order valence-electron chi connectivity index (χ1n) is 6.85. The van der Waals surface area contributed by atoms with Gasteiger partial charge in [0.05, 0.1) is 18.9 Å². The Labute approximate surface area is 123 Å². The Morgan fingerprint density at radius 1 is 1.14 bits per heavy atom. The van der Waals surface area contributed by atoms with Crippen molar-refractivity contribution in [2.45, 2.75) is 23.5 Å². The monoisotopic (exact) mass is 313 g/mol.